The summed E-state index contributed by atoms with van der Waals surface area (Å²) < 4.78 is 0. The molecule has 0 unspecified atom stereocenters. The van der Waals surface area contributed by atoms with Gasteiger partial charge in [-0.3, -0.25) is 0 Å². The summed E-state index contributed by atoms with van der Waals surface area (Å²) in [7, 11) is 0. The van der Waals surface area contributed by atoms with Gasteiger partial charge in [-0.15, -0.1) is 11.3 Å². The third-order valence-corrected chi connectivity index (χ3v) is 4.61. The Morgan fingerprint density at radius 3 is 3.05 bits per heavy atom. The Kier molecular flexibility index (Phi) is 3.33. The van der Waals surface area contributed by atoms with E-state index >= 15 is 0 Å². The second kappa shape index (κ2) is 5.01. The van der Waals surface area contributed by atoms with Crippen molar-refractivity contribution in [3.8, 4) is 0 Å². The molecule has 20 heavy (non-hydrogen) atoms. The normalized spacial score (nSPS) is 18.9. The monoisotopic (exact) mass is 291 g/mol. The molecule has 106 valence electrons. The van der Waals surface area contributed by atoms with Crippen LogP contribution in [-0.2, 0) is 11.2 Å². The SMILES string of the molecule is CCc1nc(N2CCC[C@H]2C(=O)O)c2cc(C)sc2n1. The third-order valence-electron chi connectivity index (χ3n) is 3.67. The number of nitrogens with zero attached hydrogens (tertiary/aromatic N) is 3. The first-order valence-corrected chi connectivity index (χ1v) is 7.68. The number of thiophene rings is 1. The standard InChI is InChI=1S/C14H17N3O2S/c1-3-11-15-12(9-7-8(2)20-13(9)16-11)17-6-4-5-10(17)14(18)19/h7,10H,3-6H2,1-2H3,(H,18,19)/t10-/m0/s1. The van der Waals surface area contributed by atoms with Crippen molar-refractivity contribution in [3.63, 3.8) is 0 Å². The van der Waals surface area contributed by atoms with Crippen LogP contribution in [0.2, 0.25) is 0 Å². The second-order valence-corrected chi connectivity index (χ2v) is 6.32. The molecule has 3 heterocycles. The van der Waals surface area contributed by atoms with E-state index in [-0.39, 0.29) is 0 Å². The summed E-state index contributed by atoms with van der Waals surface area (Å²) in [6, 6.07) is 1.60. The summed E-state index contributed by atoms with van der Waals surface area (Å²) in [5, 5.41) is 10.4. The summed E-state index contributed by atoms with van der Waals surface area (Å²) in [6.07, 6.45) is 2.34. The number of aromatic nitrogens is 2. The zero-order chi connectivity index (χ0) is 14.3. The lowest BCUT2D eigenvalue weighted by atomic mass is 10.2. The number of hydrogen-bond donors (Lipinski definition) is 1. The van der Waals surface area contributed by atoms with Crippen molar-refractivity contribution in [2.24, 2.45) is 0 Å². The number of carbonyl (C=O) groups is 1. The fourth-order valence-electron chi connectivity index (χ4n) is 2.72. The fourth-order valence-corrected chi connectivity index (χ4v) is 3.62. The van der Waals surface area contributed by atoms with E-state index in [0.717, 1.165) is 41.2 Å². The van der Waals surface area contributed by atoms with E-state index in [9.17, 15) is 9.90 Å². The van der Waals surface area contributed by atoms with Gasteiger partial charge in [0.25, 0.3) is 0 Å². The first-order chi connectivity index (χ1) is 9.60. The summed E-state index contributed by atoms with van der Waals surface area (Å²) in [6.45, 7) is 4.81. The minimum absolute atomic E-state index is 0.460. The van der Waals surface area contributed by atoms with Crippen molar-refractivity contribution in [3.05, 3.63) is 16.8 Å². The average Bonchev–Trinajstić information content (AvgIpc) is 3.02. The Labute approximate surface area is 121 Å². The fraction of sp³-hybridized carbons (Fsp3) is 0.500. The van der Waals surface area contributed by atoms with Crippen LogP contribution in [0.4, 0.5) is 5.82 Å². The van der Waals surface area contributed by atoms with Crippen LogP contribution in [-0.4, -0.2) is 33.6 Å². The van der Waals surface area contributed by atoms with Crippen LogP contribution < -0.4 is 4.90 Å². The Bertz CT molecular complexity index is 668. The Morgan fingerprint density at radius 1 is 1.55 bits per heavy atom. The molecule has 1 aliphatic heterocycles. The molecule has 1 saturated heterocycles. The maximum Gasteiger partial charge on any atom is 0.326 e. The van der Waals surface area contributed by atoms with Gasteiger partial charge in [-0.05, 0) is 25.8 Å². The molecule has 5 nitrogen and oxygen atoms in total. The molecular weight excluding hydrogens is 274 g/mol. The summed E-state index contributed by atoms with van der Waals surface area (Å²) in [5.74, 6) is 0.811. The molecule has 1 aliphatic rings. The van der Waals surface area contributed by atoms with Crippen LogP contribution in [0.1, 0.15) is 30.5 Å². The van der Waals surface area contributed by atoms with Crippen molar-refractivity contribution in [1.29, 1.82) is 0 Å². The molecule has 3 rings (SSSR count). The van der Waals surface area contributed by atoms with E-state index in [0.29, 0.717) is 6.42 Å². The van der Waals surface area contributed by atoms with Crippen LogP contribution in [0.5, 0.6) is 0 Å². The number of rotatable bonds is 3. The van der Waals surface area contributed by atoms with Gasteiger partial charge in [0.15, 0.2) is 0 Å². The predicted molar refractivity (Wildman–Crippen MR) is 79.5 cm³/mol. The van der Waals surface area contributed by atoms with Crippen molar-refractivity contribution in [1.82, 2.24) is 9.97 Å². The first kappa shape index (κ1) is 13.3. The van der Waals surface area contributed by atoms with Gasteiger partial charge >= 0.3 is 5.97 Å². The molecule has 0 spiro atoms. The molecule has 6 heteroatoms. The number of fused-ring (bicyclic) bond motifs is 1. The summed E-state index contributed by atoms with van der Waals surface area (Å²) in [4.78, 5) is 24.6. The second-order valence-electron chi connectivity index (χ2n) is 5.08. The highest BCUT2D eigenvalue weighted by Crippen LogP contribution is 2.34. The highest BCUT2D eigenvalue weighted by Gasteiger charge is 2.33. The third kappa shape index (κ3) is 2.14. The van der Waals surface area contributed by atoms with Crippen molar-refractivity contribution in [2.75, 3.05) is 11.4 Å². The lowest BCUT2D eigenvalue weighted by Crippen LogP contribution is -2.36. The largest absolute Gasteiger partial charge is 0.480 e. The molecule has 1 N–H and O–H groups in total. The van der Waals surface area contributed by atoms with Crippen molar-refractivity contribution >= 4 is 33.3 Å². The van der Waals surface area contributed by atoms with Crippen molar-refractivity contribution in [2.45, 2.75) is 39.2 Å². The Balaban J connectivity index is 2.16. The van der Waals surface area contributed by atoms with Gasteiger partial charge in [-0.2, -0.15) is 0 Å². The molecular formula is C14H17N3O2S. The van der Waals surface area contributed by atoms with Crippen LogP contribution in [0.25, 0.3) is 10.2 Å². The highest BCUT2D eigenvalue weighted by atomic mass is 32.1. The maximum atomic E-state index is 11.4. The smallest absolute Gasteiger partial charge is 0.326 e. The average molecular weight is 291 g/mol. The van der Waals surface area contributed by atoms with Gasteiger partial charge in [-0.1, -0.05) is 6.92 Å². The van der Waals surface area contributed by atoms with Gasteiger partial charge in [0.2, 0.25) is 0 Å². The van der Waals surface area contributed by atoms with Gasteiger partial charge < -0.3 is 10.0 Å². The number of carboxylic acid groups (broad SMARTS) is 1. The molecule has 1 fully saturated rings. The first-order valence-electron chi connectivity index (χ1n) is 6.86. The topological polar surface area (TPSA) is 66.3 Å². The number of anilines is 1. The molecule has 0 amide bonds. The molecule has 0 aliphatic carbocycles. The molecule has 0 bridgehead atoms. The Morgan fingerprint density at radius 2 is 2.35 bits per heavy atom. The number of aryl methyl sites for hydroxylation is 2. The quantitative estimate of drug-likeness (QED) is 0.941. The molecule has 0 aromatic carbocycles. The van der Waals surface area contributed by atoms with E-state index in [2.05, 4.69) is 16.0 Å². The lowest BCUT2D eigenvalue weighted by Gasteiger charge is -2.23. The van der Waals surface area contributed by atoms with Crippen molar-refractivity contribution < 1.29 is 9.90 Å². The van der Waals surface area contributed by atoms with Gasteiger partial charge in [-0.25, -0.2) is 14.8 Å². The van der Waals surface area contributed by atoms with Crippen LogP contribution in [0.15, 0.2) is 6.07 Å². The molecule has 2 aromatic rings. The predicted octanol–water partition coefficient (Wildman–Crippen LogP) is 2.62. The lowest BCUT2D eigenvalue weighted by molar-refractivity contribution is -0.138. The van der Waals surface area contributed by atoms with Gasteiger partial charge in [0, 0.05) is 17.8 Å². The molecule has 1 atom stereocenters. The van der Waals surface area contributed by atoms with Crippen LogP contribution in [0.3, 0.4) is 0 Å². The zero-order valence-electron chi connectivity index (χ0n) is 11.6. The zero-order valence-corrected chi connectivity index (χ0v) is 12.4. The maximum absolute atomic E-state index is 11.4. The summed E-state index contributed by atoms with van der Waals surface area (Å²) >= 11 is 1.64. The minimum Gasteiger partial charge on any atom is -0.480 e. The van der Waals surface area contributed by atoms with E-state index < -0.39 is 12.0 Å². The van der Waals surface area contributed by atoms with Gasteiger partial charge in [0.05, 0.1) is 5.39 Å². The van der Waals surface area contributed by atoms with Crippen LogP contribution >= 0.6 is 11.3 Å². The van der Waals surface area contributed by atoms with E-state index in [1.165, 1.54) is 4.88 Å². The van der Waals surface area contributed by atoms with Gasteiger partial charge in [0.1, 0.15) is 22.5 Å². The molecule has 2 aromatic heterocycles. The van der Waals surface area contributed by atoms with E-state index in [1.807, 2.05) is 18.7 Å². The number of aliphatic carboxylic acids is 1. The molecule has 0 saturated carbocycles. The number of hydrogen-bond acceptors (Lipinski definition) is 5. The summed E-state index contributed by atoms with van der Waals surface area (Å²) in [5.41, 5.74) is 0. The number of carboxylic acids is 1. The van der Waals surface area contributed by atoms with Crippen LogP contribution in [0, 0.1) is 6.92 Å². The molecule has 0 radical (unpaired) electrons. The minimum atomic E-state index is -0.765. The van der Waals surface area contributed by atoms with E-state index in [4.69, 9.17) is 0 Å². The highest BCUT2D eigenvalue weighted by molar-refractivity contribution is 7.18. The van der Waals surface area contributed by atoms with E-state index in [1.54, 1.807) is 11.3 Å². The Hall–Kier alpha value is -1.69.